The monoisotopic (exact) mass is 264 g/mol. The van der Waals surface area contributed by atoms with E-state index in [1.165, 1.54) is 6.07 Å². The molecule has 0 saturated heterocycles. The molecule has 0 aliphatic heterocycles. The van der Waals surface area contributed by atoms with Gasteiger partial charge in [-0.15, -0.1) is 0 Å². The van der Waals surface area contributed by atoms with E-state index in [9.17, 15) is 9.18 Å². The Kier molecular flexibility index (Phi) is 3.58. The second kappa shape index (κ2) is 5.14. The number of carbonyl (C=O) groups excluding carboxylic acids is 1. The highest BCUT2D eigenvalue weighted by atomic mass is 35.5. The molecule has 2 aromatic rings. The van der Waals surface area contributed by atoms with Crippen molar-refractivity contribution in [2.45, 2.75) is 6.92 Å². The first kappa shape index (κ1) is 12.5. The molecular weight excluding hydrogens is 255 g/mol. The SMILES string of the molecule is Cc1cc(C=O)c(Nc2ccccc2F)nc1Cl. The van der Waals surface area contributed by atoms with Crippen LogP contribution in [-0.2, 0) is 0 Å². The summed E-state index contributed by atoms with van der Waals surface area (Å²) in [5, 5.41) is 3.04. The third-order valence-corrected chi connectivity index (χ3v) is 2.82. The number of hydrogen-bond donors (Lipinski definition) is 1. The summed E-state index contributed by atoms with van der Waals surface area (Å²) in [7, 11) is 0. The molecule has 0 fully saturated rings. The number of rotatable bonds is 3. The quantitative estimate of drug-likeness (QED) is 0.678. The van der Waals surface area contributed by atoms with Crippen LogP contribution in [0, 0.1) is 12.7 Å². The summed E-state index contributed by atoms with van der Waals surface area (Å²) in [6, 6.07) is 7.74. The van der Waals surface area contributed by atoms with Crippen LogP contribution in [0.2, 0.25) is 5.15 Å². The highest BCUT2D eigenvalue weighted by Crippen LogP contribution is 2.24. The summed E-state index contributed by atoms with van der Waals surface area (Å²) in [5.74, 6) is -0.182. The minimum atomic E-state index is -0.423. The lowest BCUT2D eigenvalue weighted by Gasteiger charge is -2.10. The van der Waals surface area contributed by atoms with Crippen molar-refractivity contribution in [3.63, 3.8) is 0 Å². The summed E-state index contributed by atoms with van der Waals surface area (Å²) in [6.07, 6.45) is 0.652. The number of aryl methyl sites for hydroxylation is 1. The number of aldehydes is 1. The second-order valence-electron chi connectivity index (χ2n) is 3.76. The minimum Gasteiger partial charge on any atom is -0.337 e. The van der Waals surface area contributed by atoms with E-state index >= 15 is 0 Å². The lowest BCUT2D eigenvalue weighted by atomic mass is 10.2. The number of para-hydroxylation sites is 1. The van der Waals surface area contributed by atoms with Crippen LogP contribution >= 0.6 is 11.6 Å². The molecule has 18 heavy (non-hydrogen) atoms. The molecule has 0 aliphatic rings. The van der Waals surface area contributed by atoms with Crippen LogP contribution in [0.25, 0.3) is 0 Å². The van der Waals surface area contributed by atoms with Crippen molar-refractivity contribution >= 4 is 29.4 Å². The summed E-state index contributed by atoms with van der Waals surface area (Å²) >= 11 is 5.89. The highest BCUT2D eigenvalue weighted by Gasteiger charge is 2.09. The van der Waals surface area contributed by atoms with Gasteiger partial charge in [-0.2, -0.15) is 0 Å². The lowest BCUT2D eigenvalue weighted by Crippen LogP contribution is -2.01. The van der Waals surface area contributed by atoms with Crippen molar-refractivity contribution in [2.24, 2.45) is 0 Å². The van der Waals surface area contributed by atoms with Crippen molar-refractivity contribution in [1.29, 1.82) is 0 Å². The average Bonchev–Trinajstić information content (AvgIpc) is 2.36. The molecule has 92 valence electrons. The Morgan fingerprint density at radius 1 is 1.39 bits per heavy atom. The van der Waals surface area contributed by atoms with Crippen LogP contribution in [0.3, 0.4) is 0 Å². The van der Waals surface area contributed by atoms with E-state index in [4.69, 9.17) is 11.6 Å². The first-order valence-corrected chi connectivity index (χ1v) is 5.63. The number of benzene rings is 1. The van der Waals surface area contributed by atoms with Gasteiger partial charge in [0.25, 0.3) is 0 Å². The Bertz CT molecular complexity index is 602. The maximum Gasteiger partial charge on any atom is 0.153 e. The molecule has 0 aliphatic carbocycles. The number of pyridine rings is 1. The molecule has 1 N–H and O–H groups in total. The third-order valence-electron chi connectivity index (χ3n) is 2.43. The van der Waals surface area contributed by atoms with Crippen molar-refractivity contribution in [3.05, 3.63) is 52.4 Å². The minimum absolute atomic E-state index is 0.241. The smallest absolute Gasteiger partial charge is 0.153 e. The molecule has 0 radical (unpaired) electrons. The summed E-state index contributed by atoms with van der Waals surface area (Å²) in [5.41, 5.74) is 1.27. The van der Waals surface area contributed by atoms with E-state index in [-0.39, 0.29) is 16.7 Å². The fourth-order valence-corrected chi connectivity index (χ4v) is 1.63. The number of aromatic nitrogens is 1. The van der Waals surface area contributed by atoms with Crippen LogP contribution in [0.15, 0.2) is 30.3 Å². The van der Waals surface area contributed by atoms with Crippen LogP contribution in [0.5, 0.6) is 0 Å². The number of nitrogens with zero attached hydrogens (tertiary/aromatic N) is 1. The largest absolute Gasteiger partial charge is 0.337 e. The van der Waals surface area contributed by atoms with Crippen LogP contribution in [-0.4, -0.2) is 11.3 Å². The first-order valence-electron chi connectivity index (χ1n) is 5.25. The second-order valence-corrected chi connectivity index (χ2v) is 4.11. The lowest BCUT2D eigenvalue weighted by molar-refractivity contribution is 0.112. The zero-order valence-corrected chi connectivity index (χ0v) is 10.3. The molecule has 1 aromatic carbocycles. The summed E-state index contributed by atoms with van der Waals surface area (Å²) < 4.78 is 13.5. The molecule has 1 aromatic heterocycles. The number of halogens is 2. The maximum absolute atomic E-state index is 13.5. The molecule has 0 atom stereocenters. The van der Waals surface area contributed by atoms with Crippen molar-refractivity contribution in [2.75, 3.05) is 5.32 Å². The summed E-state index contributed by atoms with van der Waals surface area (Å²) in [6.45, 7) is 1.75. The van der Waals surface area contributed by atoms with Gasteiger partial charge in [0.05, 0.1) is 11.3 Å². The van der Waals surface area contributed by atoms with Gasteiger partial charge >= 0.3 is 0 Å². The molecule has 0 unspecified atom stereocenters. The van der Waals surface area contributed by atoms with Gasteiger partial charge in [-0.05, 0) is 30.7 Å². The van der Waals surface area contributed by atoms with E-state index in [2.05, 4.69) is 10.3 Å². The van der Waals surface area contributed by atoms with Gasteiger partial charge in [0, 0.05) is 0 Å². The predicted octanol–water partition coefficient (Wildman–Crippen LogP) is 3.74. The molecule has 2 rings (SSSR count). The predicted molar refractivity (Wildman–Crippen MR) is 69.1 cm³/mol. The topological polar surface area (TPSA) is 42.0 Å². The number of nitrogens with one attached hydrogen (secondary N) is 1. The average molecular weight is 265 g/mol. The molecule has 0 spiro atoms. The van der Waals surface area contributed by atoms with Crippen molar-refractivity contribution in [3.8, 4) is 0 Å². The van der Waals surface area contributed by atoms with Gasteiger partial charge in [-0.1, -0.05) is 23.7 Å². The highest BCUT2D eigenvalue weighted by molar-refractivity contribution is 6.30. The molecule has 0 saturated carbocycles. The maximum atomic E-state index is 13.5. The molecule has 5 heteroatoms. The molecule has 1 heterocycles. The number of carbonyl (C=O) groups is 1. The van der Waals surface area contributed by atoms with Gasteiger partial charge in [0.15, 0.2) is 6.29 Å². The fourth-order valence-electron chi connectivity index (χ4n) is 1.49. The van der Waals surface area contributed by atoms with Gasteiger partial charge in [-0.3, -0.25) is 4.79 Å². The third kappa shape index (κ3) is 2.49. The summed E-state index contributed by atoms with van der Waals surface area (Å²) in [4.78, 5) is 15.0. The van der Waals surface area contributed by atoms with Crippen molar-refractivity contribution < 1.29 is 9.18 Å². The van der Waals surface area contributed by atoms with E-state index in [1.807, 2.05) is 0 Å². The zero-order chi connectivity index (χ0) is 13.1. The Hall–Kier alpha value is -1.94. The van der Waals surface area contributed by atoms with E-state index in [1.54, 1.807) is 31.2 Å². The van der Waals surface area contributed by atoms with Crippen LogP contribution < -0.4 is 5.32 Å². The van der Waals surface area contributed by atoms with Crippen LogP contribution in [0.1, 0.15) is 15.9 Å². The Morgan fingerprint density at radius 3 is 2.78 bits per heavy atom. The zero-order valence-electron chi connectivity index (χ0n) is 9.58. The Labute approximate surface area is 109 Å². The first-order chi connectivity index (χ1) is 8.61. The van der Waals surface area contributed by atoms with Gasteiger partial charge in [0.1, 0.15) is 16.8 Å². The van der Waals surface area contributed by atoms with E-state index < -0.39 is 5.82 Å². The number of anilines is 2. The van der Waals surface area contributed by atoms with Gasteiger partial charge in [0.2, 0.25) is 0 Å². The normalized spacial score (nSPS) is 10.2. The molecule has 0 bridgehead atoms. The Balaban J connectivity index is 2.43. The molecule has 0 amide bonds. The van der Waals surface area contributed by atoms with Gasteiger partial charge in [-0.25, -0.2) is 9.37 Å². The molecule has 3 nitrogen and oxygen atoms in total. The molecular formula is C13H10ClFN2O. The standard InChI is InChI=1S/C13H10ClFN2O/c1-8-6-9(7-18)13(17-12(8)14)16-11-5-3-2-4-10(11)15/h2-7H,1H3,(H,16,17). The van der Waals surface area contributed by atoms with Crippen molar-refractivity contribution in [1.82, 2.24) is 4.98 Å². The van der Waals surface area contributed by atoms with E-state index in [0.29, 0.717) is 17.4 Å². The number of hydrogen-bond acceptors (Lipinski definition) is 3. The van der Waals surface area contributed by atoms with Crippen LogP contribution in [0.4, 0.5) is 15.9 Å². The van der Waals surface area contributed by atoms with E-state index in [0.717, 1.165) is 0 Å². The van der Waals surface area contributed by atoms with Gasteiger partial charge < -0.3 is 5.32 Å². The Morgan fingerprint density at radius 2 is 2.11 bits per heavy atom. The fraction of sp³-hybridized carbons (Fsp3) is 0.0769.